The first-order valence-corrected chi connectivity index (χ1v) is 6.45. The molecule has 0 aliphatic carbocycles. The SMILES string of the molecule is Cc1ccc(CCN(C)CCCC(=O)O)c(C)c1. The summed E-state index contributed by atoms with van der Waals surface area (Å²) in [5.41, 5.74) is 4.02. The Bertz CT molecular complexity index is 401. The second kappa shape index (κ2) is 7.17. The van der Waals surface area contributed by atoms with Gasteiger partial charge < -0.3 is 10.0 Å². The summed E-state index contributed by atoms with van der Waals surface area (Å²) >= 11 is 0. The fourth-order valence-corrected chi connectivity index (χ4v) is 2.05. The van der Waals surface area contributed by atoms with Crippen LogP contribution in [0.3, 0.4) is 0 Å². The Morgan fingerprint density at radius 2 is 2.00 bits per heavy atom. The van der Waals surface area contributed by atoms with E-state index in [1.165, 1.54) is 16.7 Å². The Labute approximate surface area is 109 Å². The van der Waals surface area contributed by atoms with Crippen molar-refractivity contribution in [1.82, 2.24) is 4.90 Å². The Kier molecular flexibility index (Phi) is 5.86. The summed E-state index contributed by atoms with van der Waals surface area (Å²) in [6.45, 7) is 6.07. The van der Waals surface area contributed by atoms with E-state index in [9.17, 15) is 4.79 Å². The van der Waals surface area contributed by atoms with E-state index in [-0.39, 0.29) is 6.42 Å². The number of rotatable bonds is 7. The van der Waals surface area contributed by atoms with Gasteiger partial charge in [0.25, 0.3) is 0 Å². The lowest BCUT2D eigenvalue weighted by Crippen LogP contribution is -2.23. The first kappa shape index (κ1) is 14.7. The average molecular weight is 249 g/mol. The van der Waals surface area contributed by atoms with Crippen LogP contribution in [0, 0.1) is 13.8 Å². The van der Waals surface area contributed by atoms with Gasteiger partial charge in [0.15, 0.2) is 0 Å². The molecule has 0 spiro atoms. The number of hydrogen-bond acceptors (Lipinski definition) is 2. The Morgan fingerprint density at radius 1 is 1.28 bits per heavy atom. The highest BCUT2D eigenvalue weighted by Gasteiger charge is 2.03. The number of carboxylic acids is 1. The maximum atomic E-state index is 10.4. The predicted molar refractivity (Wildman–Crippen MR) is 74.0 cm³/mol. The van der Waals surface area contributed by atoms with Crippen molar-refractivity contribution in [3.05, 3.63) is 34.9 Å². The fraction of sp³-hybridized carbons (Fsp3) is 0.533. The molecule has 1 aromatic carbocycles. The van der Waals surface area contributed by atoms with E-state index < -0.39 is 5.97 Å². The first-order valence-electron chi connectivity index (χ1n) is 6.45. The highest BCUT2D eigenvalue weighted by atomic mass is 16.4. The zero-order chi connectivity index (χ0) is 13.5. The summed E-state index contributed by atoms with van der Waals surface area (Å²) in [5.74, 6) is -0.710. The van der Waals surface area contributed by atoms with Crippen LogP contribution in [0.15, 0.2) is 18.2 Å². The van der Waals surface area contributed by atoms with E-state index in [1.807, 2.05) is 7.05 Å². The third kappa shape index (κ3) is 5.32. The van der Waals surface area contributed by atoms with Crippen molar-refractivity contribution in [2.45, 2.75) is 33.1 Å². The second-order valence-corrected chi connectivity index (χ2v) is 4.98. The largest absolute Gasteiger partial charge is 0.481 e. The molecular weight excluding hydrogens is 226 g/mol. The normalized spacial score (nSPS) is 10.9. The van der Waals surface area contributed by atoms with Gasteiger partial charge in [-0.3, -0.25) is 4.79 Å². The maximum Gasteiger partial charge on any atom is 0.303 e. The van der Waals surface area contributed by atoms with E-state index in [0.717, 1.165) is 25.9 Å². The van der Waals surface area contributed by atoms with Crippen molar-refractivity contribution in [1.29, 1.82) is 0 Å². The number of nitrogens with zero attached hydrogens (tertiary/aromatic N) is 1. The van der Waals surface area contributed by atoms with Crippen molar-refractivity contribution in [3.63, 3.8) is 0 Å². The first-order chi connectivity index (χ1) is 8.49. The minimum Gasteiger partial charge on any atom is -0.481 e. The van der Waals surface area contributed by atoms with Gasteiger partial charge in [0, 0.05) is 13.0 Å². The van der Waals surface area contributed by atoms with Crippen molar-refractivity contribution in [3.8, 4) is 0 Å². The highest BCUT2D eigenvalue weighted by Crippen LogP contribution is 2.11. The molecule has 0 radical (unpaired) electrons. The molecule has 0 saturated heterocycles. The van der Waals surface area contributed by atoms with E-state index in [0.29, 0.717) is 0 Å². The quantitative estimate of drug-likeness (QED) is 0.807. The van der Waals surface area contributed by atoms with Crippen molar-refractivity contribution in [2.75, 3.05) is 20.1 Å². The molecule has 0 saturated carbocycles. The highest BCUT2D eigenvalue weighted by molar-refractivity contribution is 5.66. The number of carboxylic acid groups (broad SMARTS) is 1. The third-order valence-electron chi connectivity index (χ3n) is 3.19. The minimum absolute atomic E-state index is 0.258. The molecule has 3 heteroatoms. The molecule has 18 heavy (non-hydrogen) atoms. The van der Waals surface area contributed by atoms with Gasteiger partial charge in [-0.05, 0) is 51.4 Å². The van der Waals surface area contributed by atoms with Crippen molar-refractivity contribution < 1.29 is 9.90 Å². The van der Waals surface area contributed by atoms with Crippen molar-refractivity contribution >= 4 is 5.97 Å². The minimum atomic E-state index is -0.710. The zero-order valence-electron chi connectivity index (χ0n) is 11.6. The third-order valence-corrected chi connectivity index (χ3v) is 3.19. The van der Waals surface area contributed by atoms with Gasteiger partial charge in [-0.25, -0.2) is 0 Å². The molecular formula is C15H23NO2. The lowest BCUT2D eigenvalue weighted by atomic mass is 10.0. The molecule has 0 unspecified atom stereocenters. The van der Waals surface area contributed by atoms with Crippen LogP contribution in [0.25, 0.3) is 0 Å². The lowest BCUT2D eigenvalue weighted by molar-refractivity contribution is -0.137. The van der Waals surface area contributed by atoms with Gasteiger partial charge in [0.05, 0.1) is 0 Å². The van der Waals surface area contributed by atoms with Gasteiger partial charge in [-0.15, -0.1) is 0 Å². The average Bonchev–Trinajstić information content (AvgIpc) is 2.27. The molecule has 0 atom stereocenters. The molecule has 0 amide bonds. The number of hydrogen-bond donors (Lipinski definition) is 1. The van der Waals surface area contributed by atoms with Crippen molar-refractivity contribution in [2.24, 2.45) is 0 Å². The summed E-state index contributed by atoms with van der Waals surface area (Å²) < 4.78 is 0. The van der Waals surface area contributed by atoms with Crippen LogP contribution in [0.1, 0.15) is 29.5 Å². The molecule has 3 nitrogen and oxygen atoms in total. The number of aryl methyl sites for hydroxylation is 2. The Balaban J connectivity index is 2.33. The Hall–Kier alpha value is -1.35. The molecule has 1 N–H and O–H groups in total. The summed E-state index contributed by atoms with van der Waals surface area (Å²) in [7, 11) is 2.05. The van der Waals surface area contributed by atoms with Gasteiger partial charge in [-0.1, -0.05) is 23.8 Å². The summed E-state index contributed by atoms with van der Waals surface area (Å²) in [6.07, 6.45) is 2.00. The molecule has 0 fully saturated rings. The van der Waals surface area contributed by atoms with Crippen LogP contribution in [0.5, 0.6) is 0 Å². The maximum absolute atomic E-state index is 10.4. The van der Waals surface area contributed by atoms with Gasteiger partial charge in [-0.2, -0.15) is 0 Å². The standard InChI is InChI=1S/C15H23NO2/c1-12-6-7-14(13(2)11-12)8-10-16(3)9-4-5-15(17)18/h6-7,11H,4-5,8-10H2,1-3H3,(H,17,18). The molecule has 1 rings (SSSR count). The zero-order valence-corrected chi connectivity index (χ0v) is 11.6. The van der Waals surface area contributed by atoms with Crippen LogP contribution >= 0.6 is 0 Å². The van der Waals surface area contributed by atoms with Crippen LogP contribution < -0.4 is 0 Å². The second-order valence-electron chi connectivity index (χ2n) is 4.98. The van der Waals surface area contributed by atoms with Gasteiger partial charge in [0.1, 0.15) is 0 Å². The van der Waals surface area contributed by atoms with Crippen LogP contribution in [-0.2, 0) is 11.2 Å². The molecule has 100 valence electrons. The number of benzene rings is 1. The smallest absolute Gasteiger partial charge is 0.303 e. The number of likely N-dealkylation sites (N-methyl/N-ethyl adjacent to an activating group) is 1. The molecule has 0 aromatic heterocycles. The molecule has 1 aromatic rings. The summed E-state index contributed by atoms with van der Waals surface area (Å²) in [5, 5.41) is 8.58. The Morgan fingerprint density at radius 3 is 2.61 bits per heavy atom. The predicted octanol–water partition coefficient (Wildman–Crippen LogP) is 2.64. The molecule has 0 heterocycles. The van der Waals surface area contributed by atoms with Crippen LogP contribution in [0.2, 0.25) is 0 Å². The molecule has 0 aliphatic rings. The number of carbonyl (C=O) groups is 1. The van der Waals surface area contributed by atoms with Gasteiger partial charge in [0.2, 0.25) is 0 Å². The fourth-order valence-electron chi connectivity index (χ4n) is 2.05. The van der Waals surface area contributed by atoms with E-state index in [4.69, 9.17) is 5.11 Å². The lowest BCUT2D eigenvalue weighted by Gasteiger charge is -2.16. The summed E-state index contributed by atoms with van der Waals surface area (Å²) in [4.78, 5) is 12.6. The number of aliphatic carboxylic acids is 1. The summed E-state index contributed by atoms with van der Waals surface area (Å²) in [6, 6.07) is 6.54. The topological polar surface area (TPSA) is 40.5 Å². The molecule has 0 bridgehead atoms. The van der Waals surface area contributed by atoms with Gasteiger partial charge >= 0.3 is 5.97 Å². The van der Waals surface area contributed by atoms with Crippen LogP contribution in [-0.4, -0.2) is 36.1 Å². The van der Waals surface area contributed by atoms with E-state index >= 15 is 0 Å². The van der Waals surface area contributed by atoms with Crippen LogP contribution in [0.4, 0.5) is 0 Å². The van der Waals surface area contributed by atoms with E-state index in [2.05, 4.69) is 36.9 Å². The molecule has 0 aliphatic heterocycles. The monoisotopic (exact) mass is 249 g/mol. The van der Waals surface area contributed by atoms with E-state index in [1.54, 1.807) is 0 Å².